The van der Waals surface area contributed by atoms with Gasteiger partial charge in [0.15, 0.2) is 0 Å². The van der Waals surface area contributed by atoms with Crippen LogP contribution in [-0.2, 0) is 0 Å². The molecule has 4 aromatic rings. The predicted octanol–water partition coefficient (Wildman–Crippen LogP) is 6.44. The van der Waals surface area contributed by atoms with Gasteiger partial charge in [0.2, 0.25) is 0 Å². The van der Waals surface area contributed by atoms with E-state index in [9.17, 15) is 0 Å². The average molecular weight is 332 g/mol. The molecule has 0 heteroatoms. The monoisotopic (exact) mass is 332 g/mol. The molecule has 4 rings (SSSR count). The Morgan fingerprint density at radius 3 is 0.885 bits per heavy atom. The van der Waals surface area contributed by atoms with E-state index in [0.717, 1.165) is 11.1 Å². The van der Waals surface area contributed by atoms with E-state index in [-0.39, 0.29) is 0 Å². The van der Waals surface area contributed by atoms with Crippen molar-refractivity contribution in [2.24, 2.45) is 0 Å². The quantitative estimate of drug-likeness (QED) is 0.352. The smallest absolute Gasteiger partial charge is 0.0249 e. The predicted molar refractivity (Wildman–Crippen MR) is 111 cm³/mol. The van der Waals surface area contributed by atoms with Gasteiger partial charge in [-0.15, -0.1) is 0 Å². The molecular weight excluding hydrogens is 312 g/mol. The highest BCUT2D eigenvalue weighted by molar-refractivity contribution is 5.62. The Morgan fingerprint density at radius 2 is 0.577 bits per heavy atom. The Morgan fingerprint density at radius 1 is 0.308 bits per heavy atom. The summed E-state index contributed by atoms with van der Waals surface area (Å²) >= 11 is 0. The molecule has 0 nitrogen and oxygen atoms in total. The molecule has 0 heterocycles. The van der Waals surface area contributed by atoms with Crippen LogP contribution in [-0.4, -0.2) is 0 Å². The second-order valence-corrected chi connectivity index (χ2v) is 5.71. The van der Waals surface area contributed by atoms with E-state index in [2.05, 4.69) is 60.4 Å². The maximum absolute atomic E-state index is 3.11. The van der Waals surface area contributed by atoms with Crippen LogP contribution in [0, 0.1) is 11.8 Å². The average Bonchev–Trinajstić information content (AvgIpc) is 2.75. The van der Waals surface area contributed by atoms with Gasteiger partial charge in [-0.1, -0.05) is 109 Å². The summed E-state index contributed by atoms with van der Waals surface area (Å²) in [5, 5.41) is 0. The van der Waals surface area contributed by atoms with E-state index in [4.69, 9.17) is 0 Å². The molecule has 0 unspecified atom stereocenters. The maximum Gasteiger partial charge on any atom is 0.0249 e. The van der Waals surface area contributed by atoms with Crippen LogP contribution >= 0.6 is 0 Å². The molecule has 0 fully saturated rings. The molecule has 0 bridgehead atoms. The van der Waals surface area contributed by atoms with Gasteiger partial charge in [-0.05, 0) is 35.4 Å². The van der Waals surface area contributed by atoms with Crippen molar-refractivity contribution < 1.29 is 0 Å². The molecule has 0 saturated carbocycles. The molecule has 0 aliphatic heterocycles. The normalized spacial score (nSPS) is 9.23. The van der Waals surface area contributed by atoms with Gasteiger partial charge in [-0.2, -0.15) is 0 Å². The molecule has 0 aromatic heterocycles. The van der Waals surface area contributed by atoms with Crippen LogP contribution in [0.3, 0.4) is 0 Å². The lowest BCUT2D eigenvalue weighted by atomic mass is 10.1. The molecule has 0 aliphatic rings. The van der Waals surface area contributed by atoms with Gasteiger partial charge in [-0.3, -0.25) is 0 Å². The lowest BCUT2D eigenvalue weighted by Gasteiger charge is -1.98. The van der Waals surface area contributed by atoms with Gasteiger partial charge in [0, 0.05) is 11.1 Å². The highest BCUT2D eigenvalue weighted by Gasteiger charge is 1.91. The lowest BCUT2D eigenvalue weighted by molar-refractivity contribution is 1.62. The molecule has 26 heavy (non-hydrogen) atoms. The summed E-state index contributed by atoms with van der Waals surface area (Å²) in [6.07, 6.45) is 0. The van der Waals surface area contributed by atoms with Crippen LogP contribution in [0.1, 0.15) is 11.1 Å². The first-order valence-electron chi connectivity index (χ1n) is 8.64. The highest BCUT2D eigenvalue weighted by Crippen LogP contribution is 2.17. The molecule has 0 amide bonds. The van der Waals surface area contributed by atoms with Gasteiger partial charge in [0.25, 0.3) is 0 Å². The Hall–Kier alpha value is -3.56. The highest BCUT2D eigenvalue weighted by atomic mass is 14.0. The van der Waals surface area contributed by atoms with Gasteiger partial charge >= 0.3 is 0 Å². The van der Waals surface area contributed by atoms with Gasteiger partial charge in [-0.25, -0.2) is 0 Å². The minimum Gasteiger partial charge on any atom is -0.0622 e. The van der Waals surface area contributed by atoms with Crippen LogP contribution in [0.2, 0.25) is 0 Å². The third kappa shape index (κ3) is 5.51. The Bertz CT molecular complexity index is 864. The molecule has 0 aliphatic carbocycles. The van der Waals surface area contributed by atoms with E-state index in [1.807, 2.05) is 72.8 Å². The molecular formula is C26H20. The Labute approximate surface area is 155 Å². The fourth-order valence-corrected chi connectivity index (χ4v) is 2.45. The fraction of sp³-hybridized carbons (Fsp3) is 0. The van der Waals surface area contributed by atoms with E-state index < -0.39 is 0 Å². The van der Waals surface area contributed by atoms with Crippen molar-refractivity contribution in [3.8, 4) is 23.0 Å². The summed E-state index contributed by atoms with van der Waals surface area (Å²) in [7, 11) is 0. The molecule has 0 N–H and O–H groups in total. The molecule has 4 aromatic carbocycles. The number of hydrogen-bond acceptors (Lipinski definition) is 0. The number of rotatable bonds is 1. The van der Waals surface area contributed by atoms with Crippen molar-refractivity contribution in [1.29, 1.82) is 0 Å². The largest absolute Gasteiger partial charge is 0.0622 e. The minimum atomic E-state index is 1.05. The van der Waals surface area contributed by atoms with Crippen LogP contribution in [0.25, 0.3) is 11.1 Å². The topological polar surface area (TPSA) is 0 Å². The van der Waals surface area contributed by atoms with Gasteiger partial charge in [0.1, 0.15) is 0 Å². The summed E-state index contributed by atoms with van der Waals surface area (Å²) in [6, 6.07) is 40.8. The van der Waals surface area contributed by atoms with Crippen molar-refractivity contribution in [1.82, 2.24) is 0 Å². The summed E-state index contributed by atoms with van der Waals surface area (Å²) in [5.41, 5.74) is 4.66. The third-order valence-corrected chi connectivity index (χ3v) is 3.78. The van der Waals surface area contributed by atoms with Crippen LogP contribution < -0.4 is 0 Å². The summed E-state index contributed by atoms with van der Waals surface area (Å²) in [4.78, 5) is 0. The van der Waals surface area contributed by atoms with Crippen LogP contribution in [0.5, 0.6) is 0 Å². The standard InChI is InChI=1S/C14H10.C12H10/c1-3-7-13(8-4-1)11-12-14-9-5-2-6-10-14;1-3-7-11(8-4-1)12-9-5-2-6-10-12/h1-10H;1-10H. The van der Waals surface area contributed by atoms with Crippen LogP contribution in [0.15, 0.2) is 121 Å². The first kappa shape index (κ1) is 17.3. The zero-order valence-corrected chi connectivity index (χ0v) is 14.5. The summed E-state index contributed by atoms with van der Waals surface area (Å²) in [5.74, 6) is 6.22. The fourth-order valence-electron chi connectivity index (χ4n) is 2.45. The number of benzene rings is 4. The molecule has 0 radical (unpaired) electrons. The maximum atomic E-state index is 3.11. The second kappa shape index (κ2) is 9.67. The van der Waals surface area contributed by atoms with E-state index in [1.54, 1.807) is 0 Å². The van der Waals surface area contributed by atoms with E-state index >= 15 is 0 Å². The summed E-state index contributed by atoms with van der Waals surface area (Å²) in [6.45, 7) is 0. The van der Waals surface area contributed by atoms with Gasteiger partial charge < -0.3 is 0 Å². The Kier molecular flexibility index (Phi) is 6.42. The number of hydrogen-bond donors (Lipinski definition) is 0. The molecule has 124 valence electrons. The Balaban J connectivity index is 0.000000152. The first-order valence-corrected chi connectivity index (χ1v) is 8.64. The van der Waals surface area contributed by atoms with E-state index in [0.29, 0.717) is 0 Å². The first-order chi connectivity index (χ1) is 12.9. The molecule has 0 saturated heterocycles. The van der Waals surface area contributed by atoms with Gasteiger partial charge in [0.05, 0.1) is 0 Å². The summed E-state index contributed by atoms with van der Waals surface area (Å²) < 4.78 is 0. The second-order valence-electron chi connectivity index (χ2n) is 5.71. The zero-order valence-electron chi connectivity index (χ0n) is 14.5. The minimum absolute atomic E-state index is 1.05. The van der Waals surface area contributed by atoms with Crippen molar-refractivity contribution in [3.63, 3.8) is 0 Å². The van der Waals surface area contributed by atoms with Crippen molar-refractivity contribution >= 4 is 0 Å². The molecule has 0 spiro atoms. The SMILES string of the molecule is C(#Cc1ccccc1)c1ccccc1.c1ccc(-c2ccccc2)cc1. The van der Waals surface area contributed by atoms with Crippen molar-refractivity contribution in [2.45, 2.75) is 0 Å². The lowest BCUT2D eigenvalue weighted by Crippen LogP contribution is -1.73. The van der Waals surface area contributed by atoms with E-state index in [1.165, 1.54) is 11.1 Å². The molecule has 0 atom stereocenters. The zero-order chi connectivity index (χ0) is 17.9. The van der Waals surface area contributed by atoms with Crippen LogP contribution in [0.4, 0.5) is 0 Å². The third-order valence-electron chi connectivity index (χ3n) is 3.78. The van der Waals surface area contributed by atoms with Crippen molar-refractivity contribution in [2.75, 3.05) is 0 Å². The van der Waals surface area contributed by atoms with Crippen molar-refractivity contribution in [3.05, 3.63) is 132 Å².